The fraction of sp³-hybridized carbons (Fsp3) is 0.364. The summed E-state index contributed by atoms with van der Waals surface area (Å²) in [6.45, 7) is 1.86. The lowest BCUT2D eigenvalue weighted by molar-refractivity contribution is -0.144. The molecule has 0 saturated carbocycles. The van der Waals surface area contributed by atoms with Crippen LogP contribution in [-0.4, -0.2) is 12.6 Å². The van der Waals surface area contributed by atoms with E-state index in [2.05, 4.69) is 4.74 Å². The standard InChI is InChI=1S/C11H12F2O2/c1-2-15-11(14)7-10(13)8-4-3-5-9(12)6-8/h3-6,10H,2,7H2,1H3. The number of alkyl halides is 1. The first-order valence-corrected chi connectivity index (χ1v) is 4.68. The first kappa shape index (κ1) is 11.6. The minimum absolute atomic E-state index is 0.156. The van der Waals surface area contributed by atoms with Crippen molar-refractivity contribution < 1.29 is 18.3 Å². The number of rotatable bonds is 4. The Bertz CT molecular complexity index is 339. The topological polar surface area (TPSA) is 26.3 Å². The normalized spacial score (nSPS) is 12.2. The van der Waals surface area contributed by atoms with Gasteiger partial charge in [-0.05, 0) is 24.6 Å². The van der Waals surface area contributed by atoms with Crippen LogP contribution in [0.2, 0.25) is 0 Å². The van der Waals surface area contributed by atoms with E-state index < -0.39 is 18.0 Å². The van der Waals surface area contributed by atoms with Gasteiger partial charge in [-0.15, -0.1) is 0 Å². The molecule has 0 N–H and O–H groups in total. The van der Waals surface area contributed by atoms with E-state index in [9.17, 15) is 13.6 Å². The maximum Gasteiger partial charge on any atom is 0.309 e. The van der Waals surface area contributed by atoms with Crippen molar-refractivity contribution >= 4 is 5.97 Å². The Balaban J connectivity index is 2.60. The van der Waals surface area contributed by atoms with Gasteiger partial charge in [0, 0.05) is 0 Å². The zero-order chi connectivity index (χ0) is 11.3. The van der Waals surface area contributed by atoms with Crippen molar-refractivity contribution in [3.63, 3.8) is 0 Å². The SMILES string of the molecule is CCOC(=O)CC(F)c1cccc(F)c1. The first-order chi connectivity index (χ1) is 7.13. The van der Waals surface area contributed by atoms with Crippen LogP contribution in [0.1, 0.15) is 25.1 Å². The summed E-state index contributed by atoms with van der Waals surface area (Å²) in [5.41, 5.74) is 0.156. The second-order valence-corrected chi connectivity index (χ2v) is 3.03. The van der Waals surface area contributed by atoms with E-state index in [1.807, 2.05) is 0 Å². The lowest BCUT2D eigenvalue weighted by Crippen LogP contribution is -2.07. The molecule has 0 radical (unpaired) electrons. The molecule has 1 rings (SSSR count). The highest BCUT2D eigenvalue weighted by Crippen LogP contribution is 2.22. The Morgan fingerprint density at radius 3 is 2.87 bits per heavy atom. The number of halogens is 2. The molecule has 15 heavy (non-hydrogen) atoms. The Morgan fingerprint density at radius 1 is 1.53 bits per heavy atom. The van der Waals surface area contributed by atoms with Crippen molar-refractivity contribution in [1.82, 2.24) is 0 Å². The zero-order valence-electron chi connectivity index (χ0n) is 8.37. The highest BCUT2D eigenvalue weighted by atomic mass is 19.1. The average molecular weight is 214 g/mol. The van der Waals surface area contributed by atoms with Crippen molar-refractivity contribution in [2.24, 2.45) is 0 Å². The number of ether oxygens (including phenoxy) is 1. The molecule has 4 heteroatoms. The fourth-order valence-electron chi connectivity index (χ4n) is 1.19. The minimum Gasteiger partial charge on any atom is -0.466 e. The van der Waals surface area contributed by atoms with Crippen LogP contribution in [0.15, 0.2) is 24.3 Å². The molecule has 0 bridgehead atoms. The fourth-order valence-corrected chi connectivity index (χ4v) is 1.19. The van der Waals surface area contributed by atoms with Crippen LogP contribution in [0.5, 0.6) is 0 Å². The second kappa shape index (κ2) is 5.44. The van der Waals surface area contributed by atoms with Crippen LogP contribution in [0.25, 0.3) is 0 Å². The summed E-state index contributed by atoms with van der Waals surface area (Å²) in [6.07, 6.45) is -1.89. The summed E-state index contributed by atoms with van der Waals surface area (Å²) < 4.78 is 30.7. The van der Waals surface area contributed by atoms with Gasteiger partial charge in [-0.2, -0.15) is 0 Å². The summed E-state index contributed by atoms with van der Waals surface area (Å²) in [5, 5.41) is 0. The average Bonchev–Trinajstić information content (AvgIpc) is 2.18. The number of carbonyl (C=O) groups excluding carboxylic acids is 1. The number of esters is 1. The van der Waals surface area contributed by atoms with Crippen molar-refractivity contribution in [2.45, 2.75) is 19.5 Å². The van der Waals surface area contributed by atoms with E-state index in [-0.39, 0.29) is 18.6 Å². The van der Waals surface area contributed by atoms with Gasteiger partial charge in [0.2, 0.25) is 0 Å². The van der Waals surface area contributed by atoms with Gasteiger partial charge >= 0.3 is 5.97 Å². The van der Waals surface area contributed by atoms with Crippen LogP contribution < -0.4 is 0 Å². The van der Waals surface area contributed by atoms with Crippen molar-refractivity contribution in [2.75, 3.05) is 6.61 Å². The van der Waals surface area contributed by atoms with Crippen LogP contribution >= 0.6 is 0 Å². The first-order valence-electron chi connectivity index (χ1n) is 4.68. The van der Waals surface area contributed by atoms with Gasteiger partial charge in [0.05, 0.1) is 13.0 Å². The number of hydrogen-bond donors (Lipinski definition) is 0. The van der Waals surface area contributed by atoms with Crippen LogP contribution in [0.4, 0.5) is 8.78 Å². The molecule has 0 spiro atoms. The smallest absolute Gasteiger partial charge is 0.309 e. The van der Waals surface area contributed by atoms with E-state index in [0.717, 1.165) is 6.07 Å². The molecule has 1 atom stereocenters. The highest BCUT2D eigenvalue weighted by molar-refractivity contribution is 5.70. The quantitative estimate of drug-likeness (QED) is 0.720. The van der Waals surface area contributed by atoms with E-state index >= 15 is 0 Å². The zero-order valence-corrected chi connectivity index (χ0v) is 8.37. The summed E-state index contributed by atoms with van der Waals surface area (Å²) in [5.74, 6) is -1.13. The molecule has 0 fully saturated rings. The molecule has 0 aliphatic heterocycles. The molecule has 0 amide bonds. The second-order valence-electron chi connectivity index (χ2n) is 3.03. The Labute approximate surface area is 86.9 Å². The molecule has 82 valence electrons. The summed E-state index contributed by atoms with van der Waals surface area (Å²) in [4.78, 5) is 11.0. The van der Waals surface area contributed by atoms with E-state index in [1.54, 1.807) is 6.92 Å². The summed E-state index contributed by atoms with van der Waals surface area (Å²) >= 11 is 0. The van der Waals surface area contributed by atoms with Crippen molar-refractivity contribution in [3.8, 4) is 0 Å². The molecule has 0 saturated heterocycles. The number of hydrogen-bond acceptors (Lipinski definition) is 2. The van der Waals surface area contributed by atoms with Gasteiger partial charge in [-0.1, -0.05) is 12.1 Å². The number of carbonyl (C=O) groups is 1. The third-order valence-electron chi connectivity index (χ3n) is 1.86. The summed E-state index contributed by atoms with van der Waals surface area (Å²) in [6, 6.07) is 5.14. The van der Waals surface area contributed by atoms with Gasteiger partial charge in [0.25, 0.3) is 0 Å². The molecular formula is C11H12F2O2. The number of benzene rings is 1. The molecule has 0 heterocycles. The predicted octanol–water partition coefficient (Wildman–Crippen LogP) is 2.79. The van der Waals surface area contributed by atoms with Gasteiger partial charge < -0.3 is 4.74 Å². The molecule has 2 nitrogen and oxygen atoms in total. The highest BCUT2D eigenvalue weighted by Gasteiger charge is 2.15. The van der Waals surface area contributed by atoms with Crippen LogP contribution in [-0.2, 0) is 9.53 Å². The molecule has 0 aromatic heterocycles. The van der Waals surface area contributed by atoms with E-state index in [4.69, 9.17) is 0 Å². The Hall–Kier alpha value is -1.45. The minimum atomic E-state index is -1.51. The third-order valence-corrected chi connectivity index (χ3v) is 1.86. The predicted molar refractivity (Wildman–Crippen MR) is 51.5 cm³/mol. The van der Waals surface area contributed by atoms with Crippen LogP contribution in [0, 0.1) is 5.82 Å². The van der Waals surface area contributed by atoms with Gasteiger partial charge in [0.15, 0.2) is 0 Å². The molecule has 1 aromatic carbocycles. The van der Waals surface area contributed by atoms with Crippen molar-refractivity contribution in [3.05, 3.63) is 35.6 Å². The lowest BCUT2D eigenvalue weighted by atomic mass is 10.1. The maximum atomic E-state index is 13.4. The largest absolute Gasteiger partial charge is 0.466 e. The van der Waals surface area contributed by atoms with E-state index in [1.165, 1.54) is 18.2 Å². The van der Waals surface area contributed by atoms with Gasteiger partial charge in [0.1, 0.15) is 12.0 Å². The Kier molecular flexibility index (Phi) is 4.21. The Morgan fingerprint density at radius 2 is 2.27 bits per heavy atom. The van der Waals surface area contributed by atoms with Gasteiger partial charge in [-0.25, -0.2) is 8.78 Å². The lowest BCUT2D eigenvalue weighted by Gasteiger charge is -2.07. The van der Waals surface area contributed by atoms with Gasteiger partial charge in [-0.3, -0.25) is 4.79 Å². The molecular weight excluding hydrogens is 202 g/mol. The maximum absolute atomic E-state index is 13.4. The summed E-state index contributed by atoms with van der Waals surface area (Å²) in [7, 11) is 0. The van der Waals surface area contributed by atoms with E-state index in [0.29, 0.717) is 0 Å². The molecule has 1 unspecified atom stereocenters. The third kappa shape index (κ3) is 3.65. The van der Waals surface area contributed by atoms with Crippen molar-refractivity contribution in [1.29, 1.82) is 0 Å². The monoisotopic (exact) mass is 214 g/mol. The molecule has 0 aliphatic carbocycles. The molecule has 1 aromatic rings. The molecule has 0 aliphatic rings. The van der Waals surface area contributed by atoms with Crippen LogP contribution in [0.3, 0.4) is 0 Å².